The average molecular weight is 397 g/mol. The number of hydrogen-bond acceptors (Lipinski definition) is 0. The fourth-order valence-electron chi connectivity index (χ4n) is 6.23. The average Bonchev–Trinajstić information content (AvgIpc) is 2.76. The van der Waals surface area contributed by atoms with Gasteiger partial charge in [-0.3, -0.25) is 0 Å². The van der Waals surface area contributed by atoms with Crippen LogP contribution in [0.1, 0.15) is 82.6 Å². The van der Waals surface area contributed by atoms with Gasteiger partial charge in [-0.15, -0.1) is 0 Å². The van der Waals surface area contributed by atoms with Crippen LogP contribution in [0.15, 0.2) is 49.2 Å². The van der Waals surface area contributed by atoms with Crippen LogP contribution in [0.4, 0.5) is 0 Å². The largest absolute Gasteiger partial charge is 0.222 e. The first-order valence-corrected chi connectivity index (χ1v) is 11.8. The number of pyridine rings is 1. The highest BCUT2D eigenvalue weighted by Crippen LogP contribution is 2.54. The number of aromatic nitrogens is 1. The minimum atomic E-state index is -0.0468. The molecule has 0 atom stereocenters. The van der Waals surface area contributed by atoms with Gasteiger partial charge in [0, 0.05) is 29.9 Å². The molecule has 0 fully saturated rings. The van der Waals surface area contributed by atoms with E-state index in [0.717, 1.165) is 19.3 Å². The van der Waals surface area contributed by atoms with E-state index in [4.69, 9.17) is 0 Å². The summed E-state index contributed by atoms with van der Waals surface area (Å²) in [6.45, 7) is 16.4. The Morgan fingerprint density at radius 3 is 2.43 bits per heavy atom. The number of unbranched alkanes of at least 4 members (excludes halogenated alkanes) is 1. The molecule has 1 aliphatic heterocycles. The summed E-state index contributed by atoms with van der Waals surface area (Å²) in [6, 6.07) is 14.2. The van der Waals surface area contributed by atoms with Crippen LogP contribution in [-0.4, -0.2) is 0 Å². The molecule has 0 spiro atoms. The van der Waals surface area contributed by atoms with E-state index in [-0.39, 0.29) is 11.0 Å². The molecule has 1 aromatic heterocycles. The number of hydrogen-bond donors (Lipinski definition) is 0. The van der Waals surface area contributed by atoms with Crippen LogP contribution in [0, 0.1) is 0 Å². The van der Waals surface area contributed by atoms with Gasteiger partial charge in [0.25, 0.3) is 0 Å². The molecule has 0 amide bonds. The van der Waals surface area contributed by atoms with Crippen molar-refractivity contribution in [3.63, 3.8) is 0 Å². The third kappa shape index (κ3) is 2.27. The lowest BCUT2D eigenvalue weighted by Crippen LogP contribution is -2.60. The standard InChI is InChI=1S/C29H34N/c1-7-10-12-20-17-21-15-16-30-27-25(21)24(18-20)28(5,6)23-14-11-13-22(26(23)27)19(4)29(30,8-2)9-3/h11,13-18H,4,7-10,12H2,1-3,5-6H3/q+1. The van der Waals surface area contributed by atoms with Gasteiger partial charge in [-0.25, -0.2) is 0 Å². The summed E-state index contributed by atoms with van der Waals surface area (Å²) >= 11 is 0. The van der Waals surface area contributed by atoms with E-state index in [1.54, 1.807) is 0 Å². The first kappa shape index (κ1) is 19.5. The van der Waals surface area contributed by atoms with Crippen molar-refractivity contribution < 1.29 is 4.57 Å². The summed E-state index contributed by atoms with van der Waals surface area (Å²) in [4.78, 5) is 0. The van der Waals surface area contributed by atoms with Gasteiger partial charge in [-0.2, -0.15) is 4.57 Å². The Morgan fingerprint density at radius 2 is 1.73 bits per heavy atom. The predicted octanol–water partition coefficient (Wildman–Crippen LogP) is 7.32. The predicted molar refractivity (Wildman–Crippen MR) is 128 cm³/mol. The van der Waals surface area contributed by atoms with E-state index in [0.29, 0.717) is 0 Å². The van der Waals surface area contributed by atoms with Crippen molar-refractivity contribution in [2.24, 2.45) is 0 Å². The Labute approximate surface area is 181 Å². The topological polar surface area (TPSA) is 3.88 Å². The minimum absolute atomic E-state index is 0.0172. The third-order valence-electron chi connectivity index (χ3n) is 8.09. The Hall–Kier alpha value is -2.41. The number of nitrogens with zero attached hydrogens (tertiary/aromatic N) is 1. The van der Waals surface area contributed by atoms with Gasteiger partial charge in [0.15, 0.2) is 11.7 Å². The van der Waals surface area contributed by atoms with E-state index in [1.165, 1.54) is 62.7 Å². The molecule has 0 saturated heterocycles. The highest BCUT2D eigenvalue weighted by Gasteiger charge is 2.51. The lowest BCUT2D eigenvalue weighted by Gasteiger charge is -2.41. The minimum Gasteiger partial charge on any atom is -0.188 e. The molecule has 0 radical (unpaired) electrons. The Morgan fingerprint density at radius 1 is 0.967 bits per heavy atom. The zero-order chi connectivity index (χ0) is 21.3. The molecule has 0 bridgehead atoms. The quantitative estimate of drug-likeness (QED) is 0.398. The van der Waals surface area contributed by atoms with Gasteiger partial charge >= 0.3 is 0 Å². The molecule has 3 aromatic rings. The molecular weight excluding hydrogens is 362 g/mol. The maximum absolute atomic E-state index is 4.67. The van der Waals surface area contributed by atoms with E-state index in [2.05, 4.69) is 88.4 Å². The molecule has 0 unspecified atom stereocenters. The van der Waals surface area contributed by atoms with Crippen molar-refractivity contribution in [1.82, 2.24) is 0 Å². The summed E-state index contributed by atoms with van der Waals surface area (Å²) in [7, 11) is 0. The van der Waals surface area contributed by atoms with Crippen molar-refractivity contribution >= 4 is 16.3 Å². The second-order valence-electron chi connectivity index (χ2n) is 9.82. The lowest BCUT2D eigenvalue weighted by atomic mass is 9.64. The maximum atomic E-state index is 4.67. The molecule has 2 aromatic carbocycles. The van der Waals surface area contributed by atoms with Gasteiger partial charge in [-0.1, -0.05) is 78.0 Å². The van der Waals surface area contributed by atoms with E-state index in [9.17, 15) is 0 Å². The van der Waals surface area contributed by atoms with Crippen molar-refractivity contribution in [3.8, 4) is 11.3 Å². The number of allylic oxidation sites excluding steroid dienone is 1. The van der Waals surface area contributed by atoms with Gasteiger partial charge in [0.1, 0.15) is 0 Å². The van der Waals surface area contributed by atoms with E-state index >= 15 is 0 Å². The molecule has 0 saturated carbocycles. The van der Waals surface area contributed by atoms with Crippen molar-refractivity contribution in [3.05, 3.63) is 71.4 Å². The summed E-state index contributed by atoms with van der Waals surface area (Å²) in [5.41, 5.74) is 9.84. The van der Waals surface area contributed by atoms with E-state index in [1.807, 2.05) is 0 Å². The second kappa shape index (κ2) is 6.54. The van der Waals surface area contributed by atoms with Crippen LogP contribution in [0.25, 0.3) is 27.6 Å². The highest BCUT2D eigenvalue weighted by molar-refractivity contribution is 6.04. The molecule has 2 heterocycles. The van der Waals surface area contributed by atoms with Gasteiger partial charge in [-0.05, 0) is 40.5 Å². The number of aryl methyl sites for hydroxylation is 1. The summed E-state index contributed by atoms with van der Waals surface area (Å²) in [6.07, 6.45) is 8.12. The van der Waals surface area contributed by atoms with Crippen LogP contribution < -0.4 is 4.57 Å². The van der Waals surface area contributed by atoms with Crippen molar-refractivity contribution in [2.75, 3.05) is 0 Å². The molecule has 1 heteroatoms. The second-order valence-corrected chi connectivity index (χ2v) is 9.82. The monoisotopic (exact) mass is 396 g/mol. The van der Waals surface area contributed by atoms with Gasteiger partial charge in [0.05, 0.1) is 10.9 Å². The Kier molecular flexibility index (Phi) is 4.26. The number of rotatable bonds is 5. The third-order valence-corrected chi connectivity index (χ3v) is 8.09. The molecule has 154 valence electrons. The molecule has 1 nitrogen and oxygen atoms in total. The molecular formula is C29H34N+. The number of benzene rings is 2. The fourth-order valence-corrected chi connectivity index (χ4v) is 6.23. The fraction of sp³-hybridized carbons (Fsp3) is 0.414. The zero-order valence-electron chi connectivity index (χ0n) is 19.2. The van der Waals surface area contributed by atoms with Crippen molar-refractivity contribution in [1.29, 1.82) is 0 Å². The van der Waals surface area contributed by atoms with Crippen LogP contribution in [-0.2, 0) is 17.4 Å². The molecule has 5 rings (SSSR count). The van der Waals surface area contributed by atoms with Gasteiger partial charge in [0.2, 0.25) is 5.69 Å². The zero-order valence-corrected chi connectivity index (χ0v) is 19.2. The van der Waals surface area contributed by atoms with E-state index < -0.39 is 0 Å². The summed E-state index contributed by atoms with van der Waals surface area (Å²) in [5.74, 6) is 0. The lowest BCUT2D eigenvalue weighted by molar-refractivity contribution is -0.740. The molecule has 2 aliphatic rings. The van der Waals surface area contributed by atoms with Gasteiger partial charge < -0.3 is 0 Å². The smallest absolute Gasteiger partial charge is 0.188 e. The first-order valence-electron chi connectivity index (χ1n) is 11.8. The van der Waals surface area contributed by atoms with Crippen molar-refractivity contribution in [2.45, 2.75) is 77.7 Å². The van der Waals surface area contributed by atoms with Crippen LogP contribution in [0.5, 0.6) is 0 Å². The van der Waals surface area contributed by atoms with Crippen LogP contribution in [0.3, 0.4) is 0 Å². The highest BCUT2D eigenvalue weighted by atomic mass is 15.1. The van der Waals surface area contributed by atoms with Crippen LogP contribution >= 0.6 is 0 Å². The SMILES string of the molecule is C=C1c2cccc3c2-c2c4c(cc(CCCC)cc4cc[n+]2C1(CC)CC)C3(C)C. The Bertz CT molecular complexity index is 1190. The maximum Gasteiger partial charge on any atom is 0.222 e. The molecule has 0 N–H and O–H groups in total. The molecule has 30 heavy (non-hydrogen) atoms. The normalized spacial score (nSPS) is 17.4. The Balaban J connectivity index is 1.97. The molecule has 1 aliphatic carbocycles. The first-order chi connectivity index (χ1) is 14.4. The summed E-state index contributed by atoms with van der Waals surface area (Å²) < 4.78 is 2.58. The van der Waals surface area contributed by atoms with Crippen LogP contribution in [0.2, 0.25) is 0 Å². The summed E-state index contributed by atoms with van der Waals surface area (Å²) in [5, 5.41) is 2.86.